The molecule has 2 aromatic heterocycles. The fraction of sp³-hybridized carbons (Fsp3) is 0.250. The van der Waals surface area contributed by atoms with Crippen LogP contribution in [-0.2, 0) is 13.1 Å². The van der Waals surface area contributed by atoms with Gasteiger partial charge in [-0.05, 0) is 51.5 Å². The standard InChI is InChI=1S/C12H13BrN2S/c1-9-2-3-16-12(9)8-15-6-10-4-11(13)7-14-5-10/h2-5,7,15H,6,8H2,1H3. The average molecular weight is 297 g/mol. The van der Waals surface area contributed by atoms with Crippen LogP contribution in [0.4, 0.5) is 0 Å². The summed E-state index contributed by atoms with van der Waals surface area (Å²) in [5.41, 5.74) is 2.56. The quantitative estimate of drug-likeness (QED) is 0.934. The summed E-state index contributed by atoms with van der Waals surface area (Å²) in [6, 6.07) is 4.24. The van der Waals surface area contributed by atoms with Gasteiger partial charge < -0.3 is 5.32 Å². The maximum Gasteiger partial charge on any atom is 0.0410 e. The number of nitrogens with one attached hydrogen (secondary N) is 1. The zero-order valence-electron chi connectivity index (χ0n) is 9.03. The van der Waals surface area contributed by atoms with Gasteiger partial charge in [-0.15, -0.1) is 11.3 Å². The molecule has 0 atom stereocenters. The number of hydrogen-bond donors (Lipinski definition) is 1. The van der Waals surface area contributed by atoms with Gasteiger partial charge in [-0.1, -0.05) is 0 Å². The van der Waals surface area contributed by atoms with Crippen molar-refractivity contribution in [1.29, 1.82) is 0 Å². The highest BCUT2D eigenvalue weighted by Crippen LogP contribution is 2.15. The summed E-state index contributed by atoms with van der Waals surface area (Å²) in [5.74, 6) is 0. The summed E-state index contributed by atoms with van der Waals surface area (Å²) in [5, 5.41) is 5.55. The second kappa shape index (κ2) is 5.57. The Hall–Kier alpha value is -0.710. The number of pyridine rings is 1. The molecule has 0 aliphatic rings. The van der Waals surface area contributed by atoms with E-state index in [1.165, 1.54) is 16.0 Å². The van der Waals surface area contributed by atoms with Gasteiger partial charge in [0, 0.05) is 34.8 Å². The van der Waals surface area contributed by atoms with E-state index in [1.807, 2.05) is 6.20 Å². The lowest BCUT2D eigenvalue weighted by Crippen LogP contribution is -2.12. The van der Waals surface area contributed by atoms with Crippen molar-refractivity contribution in [3.8, 4) is 0 Å². The highest BCUT2D eigenvalue weighted by molar-refractivity contribution is 9.10. The Morgan fingerprint density at radius 2 is 2.25 bits per heavy atom. The first-order valence-corrected chi connectivity index (χ1v) is 6.76. The van der Waals surface area contributed by atoms with Crippen LogP contribution in [0, 0.1) is 6.92 Å². The fourth-order valence-electron chi connectivity index (χ4n) is 1.46. The molecule has 0 unspecified atom stereocenters. The van der Waals surface area contributed by atoms with Gasteiger partial charge in [0.15, 0.2) is 0 Å². The summed E-state index contributed by atoms with van der Waals surface area (Å²) in [7, 11) is 0. The monoisotopic (exact) mass is 296 g/mol. The number of nitrogens with zero attached hydrogens (tertiary/aromatic N) is 1. The number of halogens is 1. The van der Waals surface area contributed by atoms with E-state index < -0.39 is 0 Å². The third kappa shape index (κ3) is 3.14. The molecule has 0 radical (unpaired) electrons. The van der Waals surface area contributed by atoms with E-state index in [1.54, 1.807) is 17.5 Å². The van der Waals surface area contributed by atoms with E-state index in [9.17, 15) is 0 Å². The summed E-state index contributed by atoms with van der Waals surface area (Å²) in [6.07, 6.45) is 3.69. The average Bonchev–Trinajstić information content (AvgIpc) is 2.65. The van der Waals surface area contributed by atoms with Crippen LogP contribution in [0.2, 0.25) is 0 Å². The molecule has 84 valence electrons. The predicted octanol–water partition coefficient (Wildman–Crippen LogP) is 3.50. The van der Waals surface area contributed by atoms with E-state index in [-0.39, 0.29) is 0 Å². The van der Waals surface area contributed by atoms with Crippen LogP contribution in [0.5, 0.6) is 0 Å². The first kappa shape index (κ1) is 11.8. The fourth-order valence-corrected chi connectivity index (χ4v) is 2.75. The normalized spacial score (nSPS) is 10.6. The van der Waals surface area contributed by atoms with Crippen LogP contribution >= 0.6 is 27.3 Å². The van der Waals surface area contributed by atoms with Crippen molar-refractivity contribution in [2.24, 2.45) is 0 Å². The number of rotatable bonds is 4. The van der Waals surface area contributed by atoms with Crippen LogP contribution in [0.25, 0.3) is 0 Å². The molecule has 0 fully saturated rings. The van der Waals surface area contributed by atoms with Gasteiger partial charge in [0.25, 0.3) is 0 Å². The Morgan fingerprint density at radius 3 is 2.94 bits per heavy atom. The molecule has 2 rings (SSSR count). The zero-order valence-corrected chi connectivity index (χ0v) is 11.4. The van der Waals surface area contributed by atoms with Crippen molar-refractivity contribution in [3.63, 3.8) is 0 Å². The highest BCUT2D eigenvalue weighted by Gasteiger charge is 1.99. The topological polar surface area (TPSA) is 24.9 Å². The van der Waals surface area contributed by atoms with Crippen molar-refractivity contribution in [3.05, 3.63) is 50.4 Å². The van der Waals surface area contributed by atoms with E-state index in [2.05, 4.69) is 50.7 Å². The molecule has 2 aromatic rings. The maximum absolute atomic E-state index is 4.13. The van der Waals surface area contributed by atoms with Gasteiger partial charge in [-0.3, -0.25) is 4.98 Å². The summed E-state index contributed by atoms with van der Waals surface area (Å²) < 4.78 is 1.03. The second-order valence-electron chi connectivity index (χ2n) is 3.64. The van der Waals surface area contributed by atoms with Crippen molar-refractivity contribution < 1.29 is 0 Å². The Bertz CT molecular complexity index is 468. The number of hydrogen-bond acceptors (Lipinski definition) is 3. The Morgan fingerprint density at radius 1 is 1.38 bits per heavy atom. The third-order valence-corrected chi connectivity index (χ3v) is 3.80. The van der Waals surface area contributed by atoms with Crippen molar-refractivity contribution in [2.75, 3.05) is 0 Å². The minimum atomic E-state index is 0.851. The molecule has 0 spiro atoms. The summed E-state index contributed by atoms with van der Waals surface area (Å²) in [6.45, 7) is 3.92. The SMILES string of the molecule is Cc1ccsc1CNCc1cncc(Br)c1. The third-order valence-electron chi connectivity index (χ3n) is 2.34. The molecule has 0 saturated carbocycles. The minimum Gasteiger partial charge on any atom is -0.308 e. The van der Waals surface area contributed by atoms with Crippen molar-refractivity contribution >= 4 is 27.3 Å². The van der Waals surface area contributed by atoms with Crippen molar-refractivity contribution in [1.82, 2.24) is 10.3 Å². The van der Waals surface area contributed by atoms with Crippen LogP contribution < -0.4 is 5.32 Å². The van der Waals surface area contributed by atoms with Crippen LogP contribution in [0.15, 0.2) is 34.4 Å². The van der Waals surface area contributed by atoms with Gasteiger partial charge in [-0.25, -0.2) is 0 Å². The van der Waals surface area contributed by atoms with E-state index in [4.69, 9.17) is 0 Å². The Kier molecular flexibility index (Phi) is 4.09. The molecule has 0 saturated heterocycles. The Labute approximate surface area is 108 Å². The molecule has 0 amide bonds. The molecule has 0 aliphatic carbocycles. The van der Waals surface area contributed by atoms with Gasteiger partial charge in [-0.2, -0.15) is 0 Å². The zero-order chi connectivity index (χ0) is 11.4. The van der Waals surface area contributed by atoms with Gasteiger partial charge >= 0.3 is 0 Å². The van der Waals surface area contributed by atoms with Crippen LogP contribution in [0.3, 0.4) is 0 Å². The van der Waals surface area contributed by atoms with Gasteiger partial charge in [0.1, 0.15) is 0 Å². The van der Waals surface area contributed by atoms with E-state index in [0.717, 1.165) is 17.6 Å². The molecule has 2 heterocycles. The molecule has 1 N–H and O–H groups in total. The van der Waals surface area contributed by atoms with Gasteiger partial charge in [0.2, 0.25) is 0 Å². The Balaban J connectivity index is 1.87. The smallest absolute Gasteiger partial charge is 0.0410 e. The molecule has 0 aliphatic heterocycles. The summed E-state index contributed by atoms with van der Waals surface area (Å²) >= 11 is 5.22. The minimum absolute atomic E-state index is 0.851. The highest BCUT2D eigenvalue weighted by atomic mass is 79.9. The first-order chi connectivity index (χ1) is 7.75. The number of aromatic nitrogens is 1. The van der Waals surface area contributed by atoms with E-state index in [0.29, 0.717) is 0 Å². The molecular weight excluding hydrogens is 284 g/mol. The summed E-state index contributed by atoms with van der Waals surface area (Å²) in [4.78, 5) is 5.54. The number of thiophene rings is 1. The molecular formula is C12H13BrN2S. The second-order valence-corrected chi connectivity index (χ2v) is 5.56. The molecule has 4 heteroatoms. The lowest BCUT2D eigenvalue weighted by Gasteiger charge is -2.04. The lowest BCUT2D eigenvalue weighted by atomic mass is 10.2. The van der Waals surface area contributed by atoms with E-state index >= 15 is 0 Å². The molecule has 16 heavy (non-hydrogen) atoms. The lowest BCUT2D eigenvalue weighted by molar-refractivity contribution is 0.696. The molecule has 0 bridgehead atoms. The largest absolute Gasteiger partial charge is 0.308 e. The van der Waals surface area contributed by atoms with Crippen LogP contribution in [-0.4, -0.2) is 4.98 Å². The molecule has 0 aromatic carbocycles. The predicted molar refractivity (Wildman–Crippen MR) is 71.5 cm³/mol. The maximum atomic E-state index is 4.13. The first-order valence-electron chi connectivity index (χ1n) is 5.09. The van der Waals surface area contributed by atoms with Crippen LogP contribution in [0.1, 0.15) is 16.0 Å². The van der Waals surface area contributed by atoms with Crippen molar-refractivity contribution in [2.45, 2.75) is 20.0 Å². The van der Waals surface area contributed by atoms with Gasteiger partial charge in [0.05, 0.1) is 0 Å². The number of aryl methyl sites for hydroxylation is 1. The molecule has 2 nitrogen and oxygen atoms in total.